The summed E-state index contributed by atoms with van der Waals surface area (Å²) < 4.78 is 3.90. The lowest BCUT2D eigenvalue weighted by Gasteiger charge is -1.97. The molecule has 1 aromatic heterocycles. The van der Waals surface area contributed by atoms with Gasteiger partial charge in [-0.2, -0.15) is 0 Å². The van der Waals surface area contributed by atoms with Crippen LogP contribution in [0.2, 0.25) is 0 Å². The van der Waals surface area contributed by atoms with Crippen LogP contribution < -0.4 is 4.57 Å². The lowest BCUT2D eigenvalue weighted by Crippen LogP contribution is -2.24. The zero-order valence-corrected chi connectivity index (χ0v) is 6.36. The molecule has 0 aliphatic carbocycles. The van der Waals surface area contributed by atoms with Gasteiger partial charge in [0.15, 0.2) is 0 Å². The van der Waals surface area contributed by atoms with Crippen molar-refractivity contribution >= 4 is 0 Å². The fourth-order valence-corrected chi connectivity index (χ4v) is 0.915. The Kier molecular flexibility index (Phi) is 2.06. The Morgan fingerprint density at radius 2 is 2.40 bits per heavy atom. The topological polar surface area (TPSA) is 29.0 Å². The third-order valence-corrected chi connectivity index (χ3v) is 1.30. The summed E-state index contributed by atoms with van der Waals surface area (Å²) in [4.78, 5) is 0. The molecule has 1 N–H and O–H groups in total. The number of aromatic nitrogens is 2. The van der Waals surface area contributed by atoms with Crippen molar-refractivity contribution in [3.63, 3.8) is 0 Å². The highest BCUT2D eigenvalue weighted by Gasteiger charge is 2.02. The van der Waals surface area contributed by atoms with Crippen LogP contribution in [0.4, 0.5) is 0 Å². The van der Waals surface area contributed by atoms with Crippen LogP contribution in [-0.4, -0.2) is 15.8 Å². The van der Waals surface area contributed by atoms with Gasteiger partial charge in [-0.3, -0.25) is 0 Å². The minimum atomic E-state index is -0.271. The normalized spacial score (nSPS) is 13.5. The molecule has 56 valence electrons. The number of aryl methyl sites for hydroxylation is 1. The maximum atomic E-state index is 8.98. The zero-order chi connectivity index (χ0) is 7.56. The number of rotatable bonds is 2. The molecule has 0 amide bonds. The fourth-order valence-electron chi connectivity index (χ4n) is 0.915. The van der Waals surface area contributed by atoms with Gasteiger partial charge in [0.05, 0.1) is 13.2 Å². The second kappa shape index (κ2) is 2.84. The molecule has 0 aliphatic heterocycles. The predicted molar refractivity (Wildman–Crippen MR) is 37.3 cm³/mol. The Morgan fingerprint density at radius 1 is 1.70 bits per heavy atom. The highest BCUT2D eigenvalue weighted by molar-refractivity contribution is 4.66. The van der Waals surface area contributed by atoms with Gasteiger partial charge in [-0.25, -0.2) is 9.13 Å². The Balaban J connectivity index is 2.58. The Morgan fingerprint density at radius 3 is 2.80 bits per heavy atom. The van der Waals surface area contributed by atoms with E-state index in [0.717, 1.165) is 0 Å². The number of aliphatic hydroxyl groups excluding tert-OH is 1. The molecule has 3 nitrogen and oxygen atoms in total. The summed E-state index contributed by atoms with van der Waals surface area (Å²) >= 11 is 0. The molecule has 3 heteroatoms. The fraction of sp³-hybridized carbons (Fsp3) is 0.571. The molecule has 1 atom stereocenters. The largest absolute Gasteiger partial charge is 0.389 e. The lowest BCUT2D eigenvalue weighted by atomic mass is 10.4. The van der Waals surface area contributed by atoms with Crippen molar-refractivity contribution in [3.8, 4) is 0 Å². The first-order valence-corrected chi connectivity index (χ1v) is 3.37. The molecular formula is C7H13N2O+. The maximum Gasteiger partial charge on any atom is 0.243 e. The van der Waals surface area contributed by atoms with Crippen LogP contribution in [-0.2, 0) is 13.6 Å². The van der Waals surface area contributed by atoms with Crippen molar-refractivity contribution in [3.05, 3.63) is 18.7 Å². The minimum absolute atomic E-state index is 0.271. The van der Waals surface area contributed by atoms with E-state index in [-0.39, 0.29) is 6.10 Å². The average Bonchev–Trinajstić information content (AvgIpc) is 2.13. The molecular weight excluding hydrogens is 128 g/mol. The summed E-state index contributed by atoms with van der Waals surface area (Å²) in [5.41, 5.74) is 0. The first-order chi connectivity index (χ1) is 4.68. The van der Waals surface area contributed by atoms with Crippen molar-refractivity contribution in [1.29, 1.82) is 0 Å². The second-order valence-corrected chi connectivity index (χ2v) is 2.62. The molecule has 1 unspecified atom stereocenters. The SMILES string of the molecule is CC(O)Cn1cc[n+](C)c1. The number of nitrogens with zero attached hydrogens (tertiary/aromatic N) is 2. The predicted octanol–water partition coefficient (Wildman–Crippen LogP) is -0.307. The third-order valence-electron chi connectivity index (χ3n) is 1.30. The first-order valence-electron chi connectivity index (χ1n) is 3.37. The standard InChI is InChI=1S/C7H13N2O/c1-7(10)5-9-4-3-8(2)6-9/h3-4,6-7,10H,5H2,1-2H3/q+1. The van der Waals surface area contributed by atoms with Gasteiger partial charge in [0, 0.05) is 0 Å². The van der Waals surface area contributed by atoms with Crippen molar-refractivity contribution in [2.24, 2.45) is 7.05 Å². The van der Waals surface area contributed by atoms with E-state index in [1.54, 1.807) is 6.92 Å². The van der Waals surface area contributed by atoms with Crippen LogP contribution in [0.15, 0.2) is 18.7 Å². The summed E-state index contributed by atoms with van der Waals surface area (Å²) in [6, 6.07) is 0. The molecule has 0 saturated heterocycles. The van der Waals surface area contributed by atoms with Crippen LogP contribution in [0.3, 0.4) is 0 Å². The number of imidazole rings is 1. The summed E-state index contributed by atoms with van der Waals surface area (Å²) in [6.45, 7) is 2.45. The summed E-state index contributed by atoms with van der Waals surface area (Å²) in [7, 11) is 1.96. The monoisotopic (exact) mass is 141 g/mol. The minimum Gasteiger partial charge on any atom is -0.389 e. The van der Waals surface area contributed by atoms with E-state index in [9.17, 15) is 0 Å². The molecule has 1 heterocycles. The highest BCUT2D eigenvalue weighted by atomic mass is 16.3. The van der Waals surface area contributed by atoms with E-state index in [2.05, 4.69) is 0 Å². The van der Waals surface area contributed by atoms with E-state index in [0.29, 0.717) is 6.54 Å². The van der Waals surface area contributed by atoms with Crippen LogP contribution in [0, 0.1) is 0 Å². The Labute approximate surface area is 60.5 Å². The van der Waals surface area contributed by atoms with Gasteiger partial charge in [0.2, 0.25) is 6.33 Å². The lowest BCUT2D eigenvalue weighted by molar-refractivity contribution is -0.671. The van der Waals surface area contributed by atoms with E-state index in [1.807, 2.05) is 34.9 Å². The van der Waals surface area contributed by atoms with Crippen LogP contribution >= 0.6 is 0 Å². The smallest absolute Gasteiger partial charge is 0.243 e. The molecule has 0 radical (unpaired) electrons. The van der Waals surface area contributed by atoms with Gasteiger partial charge < -0.3 is 5.11 Å². The van der Waals surface area contributed by atoms with Gasteiger partial charge in [0.25, 0.3) is 0 Å². The number of hydrogen-bond acceptors (Lipinski definition) is 1. The van der Waals surface area contributed by atoms with E-state index >= 15 is 0 Å². The van der Waals surface area contributed by atoms with E-state index < -0.39 is 0 Å². The average molecular weight is 141 g/mol. The van der Waals surface area contributed by atoms with Crippen molar-refractivity contribution < 1.29 is 9.67 Å². The Hall–Kier alpha value is -0.830. The van der Waals surface area contributed by atoms with Gasteiger partial charge in [-0.05, 0) is 6.92 Å². The van der Waals surface area contributed by atoms with Gasteiger partial charge in [0.1, 0.15) is 18.9 Å². The number of aliphatic hydroxyl groups is 1. The van der Waals surface area contributed by atoms with Crippen molar-refractivity contribution in [2.75, 3.05) is 0 Å². The molecule has 0 aliphatic rings. The van der Waals surface area contributed by atoms with Crippen LogP contribution in [0.25, 0.3) is 0 Å². The maximum absolute atomic E-state index is 8.98. The van der Waals surface area contributed by atoms with E-state index in [4.69, 9.17) is 5.11 Å². The molecule has 0 spiro atoms. The molecule has 0 fully saturated rings. The molecule has 10 heavy (non-hydrogen) atoms. The second-order valence-electron chi connectivity index (χ2n) is 2.62. The molecule has 0 aromatic carbocycles. The third kappa shape index (κ3) is 1.84. The number of hydrogen-bond donors (Lipinski definition) is 1. The quantitative estimate of drug-likeness (QED) is 0.562. The van der Waals surface area contributed by atoms with Crippen LogP contribution in [0.5, 0.6) is 0 Å². The van der Waals surface area contributed by atoms with Gasteiger partial charge in [-0.1, -0.05) is 0 Å². The highest BCUT2D eigenvalue weighted by Crippen LogP contribution is 1.87. The first kappa shape index (κ1) is 7.28. The van der Waals surface area contributed by atoms with Crippen molar-refractivity contribution in [2.45, 2.75) is 19.6 Å². The Bertz CT molecular complexity index is 205. The summed E-state index contributed by atoms with van der Waals surface area (Å²) in [6.07, 6.45) is 5.55. The van der Waals surface area contributed by atoms with Gasteiger partial charge >= 0.3 is 0 Å². The molecule has 0 bridgehead atoms. The summed E-state index contributed by atoms with van der Waals surface area (Å²) in [5, 5.41) is 8.98. The molecule has 1 aromatic rings. The molecule has 0 saturated carbocycles. The van der Waals surface area contributed by atoms with Gasteiger partial charge in [-0.15, -0.1) is 0 Å². The van der Waals surface area contributed by atoms with Crippen molar-refractivity contribution in [1.82, 2.24) is 4.57 Å². The zero-order valence-electron chi connectivity index (χ0n) is 6.36. The molecule has 1 rings (SSSR count). The summed E-state index contributed by atoms with van der Waals surface area (Å²) in [5.74, 6) is 0. The van der Waals surface area contributed by atoms with Crippen LogP contribution in [0.1, 0.15) is 6.92 Å². The van der Waals surface area contributed by atoms with E-state index in [1.165, 1.54) is 0 Å².